The van der Waals surface area contributed by atoms with E-state index in [4.69, 9.17) is 14.5 Å². The fourth-order valence-corrected chi connectivity index (χ4v) is 3.96. The number of fused-ring (bicyclic) bond motifs is 3. The third-order valence-electron chi connectivity index (χ3n) is 4.04. The summed E-state index contributed by atoms with van der Waals surface area (Å²) in [4.78, 5) is 6.08. The summed E-state index contributed by atoms with van der Waals surface area (Å²) in [6.45, 7) is 2.63. The van der Waals surface area contributed by atoms with Crippen molar-refractivity contribution in [2.24, 2.45) is 0 Å². The van der Waals surface area contributed by atoms with Crippen molar-refractivity contribution in [3.05, 3.63) is 52.9 Å². The Morgan fingerprint density at radius 3 is 2.92 bits per heavy atom. The Morgan fingerprint density at radius 1 is 1.21 bits per heavy atom. The highest BCUT2D eigenvalue weighted by atomic mass is 32.1. The maximum atomic E-state index is 5.67. The van der Waals surface area contributed by atoms with Crippen molar-refractivity contribution in [3.63, 3.8) is 0 Å². The predicted octanol–water partition coefficient (Wildman–Crippen LogP) is 4.87. The smallest absolute Gasteiger partial charge is 0.188 e. The van der Waals surface area contributed by atoms with E-state index in [1.807, 2.05) is 37.3 Å². The third kappa shape index (κ3) is 2.61. The number of nitrogens with zero attached hydrogens (tertiary/aromatic N) is 1. The molecule has 0 aliphatic heterocycles. The molecule has 4 rings (SSSR count). The molecule has 2 aromatic carbocycles. The number of benzene rings is 2. The Balaban J connectivity index is 1.63. The number of nitrogens with one attached hydrogen (secondary N) is 1. The maximum Gasteiger partial charge on any atom is 0.188 e. The van der Waals surface area contributed by atoms with Crippen molar-refractivity contribution >= 4 is 22.2 Å². The molecule has 0 unspecified atom stereocenters. The van der Waals surface area contributed by atoms with Crippen molar-refractivity contribution in [3.8, 4) is 22.8 Å². The van der Waals surface area contributed by atoms with Gasteiger partial charge in [0.05, 0.1) is 25.1 Å². The van der Waals surface area contributed by atoms with E-state index in [1.165, 1.54) is 16.0 Å². The number of aromatic nitrogens is 1. The van der Waals surface area contributed by atoms with Crippen LogP contribution in [0.4, 0.5) is 10.8 Å². The van der Waals surface area contributed by atoms with Gasteiger partial charge in [-0.15, -0.1) is 11.3 Å². The van der Waals surface area contributed by atoms with Crippen LogP contribution in [0.2, 0.25) is 0 Å². The Hall–Kier alpha value is -2.53. The van der Waals surface area contributed by atoms with Crippen LogP contribution in [0.15, 0.2) is 42.5 Å². The van der Waals surface area contributed by atoms with E-state index in [1.54, 1.807) is 18.4 Å². The summed E-state index contributed by atoms with van der Waals surface area (Å²) in [5, 5.41) is 4.29. The topological polar surface area (TPSA) is 43.4 Å². The molecule has 4 nitrogen and oxygen atoms in total. The van der Waals surface area contributed by atoms with Crippen molar-refractivity contribution in [2.45, 2.75) is 13.3 Å². The highest BCUT2D eigenvalue weighted by Gasteiger charge is 2.24. The molecule has 3 aromatic rings. The van der Waals surface area contributed by atoms with E-state index in [-0.39, 0.29) is 0 Å². The highest BCUT2D eigenvalue weighted by Crippen LogP contribution is 2.43. The molecule has 0 saturated carbocycles. The molecule has 0 fully saturated rings. The molecule has 122 valence electrons. The molecule has 0 amide bonds. The fourth-order valence-electron chi connectivity index (χ4n) is 2.95. The van der Waals surface area contributed by atoms with Gasteiger partial charge in [0.2, 0.25) is 0 Å². The molecule has 0 atom stereocenters. The van der Waals surface area contributed by atoms with Crippen LogP contribution in [-0.4, -0.2) is 18.7 Å². The van der Waals surface area contributed by atoms with Crippen LogP contribution < -0.4 is 14.8 Å². The van der Waals surface area contributed by atoms with Crippen LogP contribution in [0.25, 0.3) is 11.3 Å². The first-order valence-electron chi connectivity index (χ1n) is 7.94. The second kappa shape index (κ2) is 6.17. The maximum absolute atomic E-state index is 5.67. The lowest BCUT2D eigenvalue weighted by atomic mass is 10.1. The Morgan fingerprint density at radius 2 is 2.08 bits per heavy atom. The number of ether oxygens (including phenoxy) is 2. The second-order valence-electron chi connectivity index (χ2n) is 5.54. The summed E-state index contributed by atoms with van der Waals surface area (Å²) < 4.78 is 11.0. The number of para-hydroxylation sites is 2. The van der Waals surface area contributed by atoms with Crippen LogP contribution >= 0.6 is 11.3 Å². The van der Waals surface area contributed by atoms with Gasteiger partial charge in [-0.2, -0.15) is 0 Å². The molecule has 0 spiro atoms. The number of hydrogen-bond donors (Lipinski definition) is 1. The van der Waals surface area contributed by atoms with E-state index in [9.17, 15) is 0 Å². The number of rotatable bonds is 5. The first-order chi connectivity index (χ1) is 11.8. The van der Waals surface area contributed by atoms with Gasteiger partial charge < -0.3 is 14.8 Å². The zero-order chi connectivity index (χ0) is 16.5. The number of methoxy groups -OCH3 is 1. The SMILES string of the molecule is CCOc1ccccc1Nc1nc2c(s1)Cc1cc(OC)ccc1-2. The van der Waals surface area contributed by atoms with Crippen LogP contribution in [0.1, 0.15) is 17.4 Å². The molecular formula is C19H18N2O2S. The normalized spacial score (nSPS) is 11.8. The minimum Gasteiger partial charge on any atom is -0.497 e. The van der Waals surface area contributed by atoms with Gasteiger partial charge in [-0.25, -0.2) is 4.98 Å². The van der Waals surface area contributed by atoms with Gasteiger partial charge in [0.15, 0.2) is 5.13 Å². The number of thiazole rings is 1. The van der Waals surface area contributed by atoms with E-state index in [0.717, 1.165) is 34.4 Å². The van der Waals surface area contributed by atoms with Crippen LogP contribution in [0.3, 0.4) is 0 Å². The van der Waals surface area contributed by atoms with Gasteiger partial charge >= 0.3 is 0 Å². The van der Waals surface area contributed by atoms with Crippen LogP contribution in [-0.2, 0) is 6.42 Å². The lowest BCUT2D eigenvalue weighted by molar-refractivity contribution is 0.342. The van der Waals surface area contributed by atoms with Crippen LogP contribution in [0.5, 0.6) is 11.5 Å². The molecule has 1 aliphatic carbocycles. The van der Waals surface area contributed by atoms with Crippen molar-refractivity contribution in [1.82, 2.24) is 4.98 Å². The summed E-state index contributed by atoms with van der Waals surface area (Å²) in [7, 11) is 1.70. The Bertz CT molecular complexity index is 889. The minimum atomic E-state index is 0.641. The average molecular weight is 338 g/mol. The largest absolute Gasteiger partial charge is 0.497 e. The Kier molecular flexibility index (Phi) is 3.86. The second-order valence-corrected chi connectivity index (χ2v) is 6.63. The molecule has 1 heterocycles. The van der Waals surface area contributed by atoms with Gasteiger partial charge in [-0.1, -0.05) is 12.1 Å². The van der Waals surface area contributed by atoms with E-state index >= 15 is 0 Å². The monoisotopic (exact) mass is 338 g/mol. The minimum absolute atomic E-state index is 0.641. The Labute approximate surface area is 145 Å². The lowest BCUT2D eigenvalue weighted by Crippen LogP contribution is -1.97. The van der Waals surface area contributed by atoms with Gasteiger partial charge in [0.1, 0.15) is 11.5 Å². The fraction of sp³-hybridized carbons (Fsp3) is 0.211. The standard InChI is InChI=1S/C19H18N2O2S/c1-3-23-16-7-5-4-6-15(16)20-19-21-18-14-9-8-13(22-2)10-12(14)11-17(18)24-19/h4-10H,3,11H2,1-2H3,(H,20,21). The van der Waals surface area contributed by atoms with Crippen molar-refractivity contribution in [1.29, 1.82) is 0 Å². The molecule has 1 aliphatic rings. The number of hydrogen-bond acceptors (Lipinski definition) is 5. The molecule has 0 bridgehead atoms. The lowest BCUT2D eigenvalue weighted by Gasteiger charge is -2.10. The predicted molar refractivity (Wildman–Crippen MR) is 97.8 cm³/mol. The molecule has 0 radical (unpaired) electrons. The first kappa shape index (κ1) is 15.0. The molecule has 0 saturated heterocycles. The van der Waals surface area contributed by atoms with Gasteiger partial charge in [0, 0.05) is 16.9 Å². The molecule has 1 N–H and O–H groups in total. The van der Waals surface area contributed by atoms with E-state index < -0.39 is 0 Å². The zero-order valence-electron chi connectivity index (χ0n) is 13.6. The summed E-state index contributed by atoms with van der Waals surface area (Å²) in [6.07, 6.45) is 0.911. The quantitative estimate of drug-likeness (QED) is 0.564. The average Bonchev–Trinajstić information content (AvgIpc) is 3.13. The summed E-state index contributed by atoms with van der Waals surface area (Å²) in [6, 6.07) is 14.1. The molecule has 24 heavy (non-hydrogen) atoms. The van der Waals surface area contributed by atoms with Gasteiger partial charge in [-0.05, 0) is 42.8 Å². The van der Waals surface area contributed by atoms with E-state index in [0.29, 0.717) is 6.61 Å². The molecule has 5 heteroatoms. The zero-order valence-corrected chi connectivity index (χ0v) is 14.4. The summed E-state index contributed by atoms with van der Waals surface area (Å²) in [5.41, 5.74) is 4.51. The van der Waals surface area contributed by atoms with Gasteiger partial charge in [-0.3, -0.25) is 0 Å². The third-order valence-corrected chi connectivity index (χ3v) is 5.02. The molecular weight excluding hydrogens is 320 g/mol. The summed E-state index contributed by atoms with van der Waals surface area (Å²) in [5.74, 6) is 1.74. The highest BCUT2D eigenvalue weighted by molar-refractivity contribution is 7.16. The van der Waals surface area contributed by atoms with Crippen LogP contribution in [0, 0.1) is 0 Å². The van der Waals surface area contributed by atoms with Crippen molar-refractivity contribution < 1.29 is 9.47 Å². The number of anilines is 2. The summed E-state index contributed by atoms with van der Waals surface area (Å²) >= 11 is 1.70. The van der Waals surface area contributed by atoms with E-state index in [2.05, 4.69) is 17.4 Å². The van der Waals surface area contributed by atoms with Crippen molar-refractivity contribution in [2.75, 3.05) is 19.0 Å². The first-order valence-corrected chi connectivity index (χ1v) is 8.76. The van der Waals surface area contributed by atoms with Gasteiger partial charge in [0.25, 0.3) is 0 Å². The molecule has 1 aromatic heterocycles.